The lowest BCUT2D eigenvalue weighted by Crippen LogP contribution is -2.21. The fourth-order valence-corrected chi connectivity index (χ4v) is 2.75. The standard InChI is InChI=1S/C19H19N5O2/c1-23(2)18(26)14-5-3-4-13(10-14)15-8-9-16-20-19(22-24(16)11-15)21-17(25)12-6-7-12/h3-5,8-12H,6-7H2,1-2H3,(H,21,22,25). The minimum Gasteiger partial charge on any atom is -0.345 e. The van der Waals surface area contributed by atoms with Crippen molar-refractivity contribution in [1.82, 2.24) is 19.5 Å². The summed E-state index contributed by atoms with van der Waals surface area (Å²) >= 11 is 0. The van der Waals surface area contributed by atoms with E-state index in [0.717, 1.165) is 24.0 Å². The highest BCUT2D eigenvalue weighted by Gasteiger charge is 2.30. The van der Waals surface area contributed by atoms with Gasteiger partial charge >= 0.3 is 0 Å². The van der Waals surface area contributed by atoms with Gasteiger partial charge in [0.1, 0.15) is 0 Å². The zero-order valence-corrected chi connectivity index (χ0v) is 14.6. The Hall–Kier alpha value is -3.22. The average Bonchev–Trinajstić information content (AvgIpc) is 3.41. The number of pyridine rings is 1. The molecule has 4 rings (SSSR count). The van der Waals surface area contributed by atoms with E-state index in [4.69, 9.17) is 0 Å². The van der Waals surface area contributed by atoms with Gasteiger partial charge in [0.25, 0.3) is 5.91 Å². The summed E-state index contributed by atoms with van der Waals surface area (Å²) in [6.45, 7) is 0. The van der Waals surface area contributed by atoms with Gasteiger partial charge in [-0.05, 0) is 42.7 Å². The maximum absolute atomic E-state index is 12.2. The molecule has 1 aliphatic carbocycles. The van der Waals surface area contributed by atoms with Gasteiger partial charge in [-0.3, -0.25) is 14.9 Å². The van der Waals surface area contributed by atoms with Crippen LogP contribution in [0.4, 0.5) is 5.95 Å². The summed E-state index contributed by atoms with van der Waals surface area (Å²) < 4.78 is 1.64. The van der Waals surface area contributed by atoms with Crippen LogP contribution in [0.2, 0.25) is 0 Å². The van der Waals surface area contributed by atoms with Crippen LogP contribution >= 0.6 is 0 Å². The number of nitrogens with zero attached hydrogens (tertiary/aromatic N) is 4. The first-order valence-corrected chi connectivity index (χ1v) is 8.50. The van der Waals surface area contributed by atoms with Crippen molar-refractivity contribution in [2.24, 2.45) is 5.92 Å². The Labute approximate surface area is 150 Å². The molecule has 0 bridgehead atoms. The third kappa shape index (κ3) is 3.15. The van der Waals surface area contributed by atoms with Crippen molar-refractivity contribution in [2.75, 3.05) is 19.4 Å². The highest BCUT2D eigenvalue weighted by Crippen LogP contribution is 2.30. The van der Waals surface area contributed by atoms with Gasteiger partial charge in [-0.15, -0.1) is 5.10 Å². The molecule has 2 heterocycles. The molecule has 7 nitrogen and oxygen atoms in total. The van der Waals surface area contributed by atoms with Crippen molar-refractivity contribution in [3.05, 3.63) is 48.2 Å². The normalized spacial score (nSPS) is 13.6. The first kappa shape index (κ1) is 16.3. The number of anilines is 1. The van der Waals surface area contributed by atoms with Crippen molar-refractivity contribution < 1.29 is 9.59 Å². The van der Waals surface area contributed by atoms with E-state index in [1.54, 1.807) is 29.6 Å². The second-order valence-electron chi connectivity index (χ2n) is 6.70. The number of amides is 2. The quantitative estimate of drug-likeness (QED) is 0.785. The van der Waals surface area contributed by atoms with Crippen molar-refractivity contribution in [1.29, 1.82) is 0 Å². The third-order valence-electron chi connectivity index (χ3n) is 4.36. The lowest BCUT2D eigenvalue weighted by Gasteiger charge is -2.11. The summed E-state index contributed by atoms with van der Waals surface area (Å²) in [5.41, 5.74) is 3.11. The number of hydrogen-bond acceptors (Lipinski definition) is 4. The van der Waals surface area contributed by atoms with Crippen LogP contribution in [0.15, 0.2) is 42.6 Å². The van der Waals surface area contributed by atoms with Gasteiger partial charge < -0.3 is 4.90 Å². The number of carbonyl (C=O) groups is 2. The van der Waals surface area contributed by atoms with Crippen molar-refractivity contribution in [2.45, 2.75) is 12.8 Å². The minimum absolute atomic E-state index is 0.0176. The minimum atomic E-state index is -0.0428. The van der Waals surface area contributed by atoms with Crippen LogP contribution < -0.4 is 5.32 Å². The van der Waals surface area contributed by atoms with Crippen LogP contribution in [0.25, 0.3) is 16.8 Å². The Morgan fingerprint density at radius 2 is 1.96 bits per heavy atom. The fraction of sp³-hybridized carbons (Fsp3) is 0.263. The summed E-state index contributed by atoms with van der Waals surface area (Å²) in [5, 5.41) is 7.09. The van der Waals surface area contributed by atoms with E-state index in [2.05, 4.69) is 15.4 Å². The number of carbonyl (C=O) groups excluding carboxylic acids is 2. The summed E-state index contributed by atoms with van der Waals surface area (Å²) in [5.74, 6) is 0.361. The van der Waals surface area contributed by atoms with Crippen molar-refractivity contribution >= 4 is 23.4 Å². The van der Waals surface area contributed by atoms with Gasteiger partial charge in [0.05, 0.1) is 0 Å². The largest absolute Gasteiger partial charge is 0.345 e. The van der Waals surface area contributed by atoms with E-state index in [0.29, 0.717) is 17.2 Å². The van der Waals surface area contributed by atoms with E-state index in [1.807, 2.05) is 36.5 Å². The second kappa shape index (κ2) is 6.25. The first-order chi connectivity index (χ1) is 12.5. The number of fused-ring (bicyclic) bond motifs is 1. The van der Waals surface area contributed by atoms with Crippen LogP contribution in [-0.2, 0) is 4.79 Å². The van der Waals surface area contributed by atoms with Crippen LogP contribution in [0.3, 0.4) is 0 Å². The van der Waals surface area contributed by atoms with Crippen molar-refractivity contribution in [3.8, 4) is 11.1 Å². The summed E-state index contributed by atoms with van der Waals surface area (Å²) in [4.78, 5) is 29.9. The molecule has 3 aromatic rings. The molecule has 0 unspecified atom stereocenters. The Balaban J connectivity index is 1.63. The molecule has 1 aliphatic rings. The van der Waals surface area contributed by atoms with E-state index in [1.165, 1.54) is 0 Å². The molecular weight excluding hydrogens is 330 g/mol. The molecule has 0 saturated heterocycles. The Morgan fingerprint density at radius 3 is 2.69 bits per heavy atom. The van der Waals surface area contributed by atoms with Gasteiger partial charge in [-0.2, -0.15) is 4.98 Å². The van der Waals surface area contributed by atoms with Gasteiger partial charge in [0.15, 0.2) is 5.65 Å². The third-order valence-corrected chi connectivity index (χ3v) is 4.36. The maximum Gasteiger partial charge on any atom is 0.253 e. The van der Waals surface area contributed by atoms with E-state index in [9.17, 15) is 9.59 Å². The molecule has 7 heteroatoms. The lowest BCUT2D eigenvalue weighted by molar-refractivity contribution is -0.117. The number of benzene rings is 1. The number of nitrogens with one attached hydrogen (secondary N) is 1. The molecule has 0 radical (unpaired) electrons. The molecule has 1 saturated carbocycles. The first-order valence-electron chi connectivity index (χ1n) is 8.50. The zero-order valence-electron chi connectivity index (χ0n) is 14.6. The summed E-state index contributed by atoms with van der Waals surface area (Å²) in [6.07, 6.45) is 3.71. The van der Waals surface area contributed by atoms with Crippen LogP contribution in [-0.4, -0.2) is 45.4 Å². The van der Waals surface area contributed by atoms with Crippen LogP contribution in [0.5, 0.6) is 0 Å². The van der Waals surface area contributed by atoms with Crippen LogP contribution in [0, 0.1) is 5.92 Å². The predicted octanol–water partition coefficient (Wildman–Crippen LogP) is 2.45. The van der Waals surface area contributed by atoms with E-state index >= 15 is 0 Å². The molecule has 0 atom stereocenters. The molecular formula is C19H19N5O2. The molecule has 26 heavy (non-hydrogen) atoms. The summed E-state index contributed by atoms with van der Waals surface area (Å²) in [7, 11) is 3.46. The van der Waals surface area contributed by atoms with Crippen molar-refractivity contribution in [3.63, 3.8) is 0 Å². The fourth-order valence-electron chi connectivity index (χ4n) is 2.75. The molecule has 1 N–H and O–H groups in total. The summed E-state index contributed by atoms with van der Waals surface area (Å²) in [6, 6.07) is 11.2. The van der Waals surface area contributed by atoms with Crippen LogP contribution in [0.1, 0.15) is 23.2 Å². The average molecular weight is 349 g/mol. The topological polar surface area (TPSA) is 79.6 Å². The Bertz CT molecular complexity index is 1000. The lowest BCUT2D eigenvalue weighted by atomic mass is 10.0. The molecule has 0 aliphatic heterocycles. The molecule has 0 spiro atoms. The predicted molar refractivity (Wildman–Crippen MR) is 97.8 cm³/mol. The zero-order chi connectivity index (χ0) is 18.3. The maximum atomic E-state index is 12.2. The smallest absolute Gasteiger partial charge is 0.253 e. The highest BCUT2D eigenvalue weighted by atomic mass is 16.2. The monoisotopic (exact) mass is 349 g/mol. The molecule has 1 aromatic carbocycles. The van der Waals surface area contributed by atoms with Gasteiger partial charge in [0.2, 0.25) is 11.9 Å². The molecule has 2 amide bonds. The number of aromatic nitrogens is 3. The second-order valence-corrected chi connectivity index (χ2v) is 6.70. The van der Waals surface area contributed by atoms with Gasteiger partial charge in [-0.1, -0.05) is 12.1 Å². The Kier molecular flexibility index (Phi) is 3.91. The SMILES string of the molecule is CN(C)C(=O)c1cccc(-c2ccc3nc(NC(=O)C4CC4)nn3c2)c1. The molecule has 1 fully saturated rings. The molecule has 132 valence electrons. The van der Waals surface area contributed by atoms with Gasteiger partial charge in [0, 0.05) is 37.3 Å². The van der Waals surface area contributed by atoms with E-state index in [-0.39, 0.29) is 17.7 Å². The van der Waals surface area contributed by atoms with E-state index < -0.39 is 0 Å². The van der Waals surface area contributed by atoms with Gasteiger partial charge in [-0.25, -0.2) is 4.52 Å². The Morgan fingerprint density at radius 1 is 1.15 bits per heavy atom. The molecule has 2 aromatic heterocycles. The number of hydrogen-bond donors (Lipinski definition) is 1. The number of rotatable bonds is 4. The highest BCUT2D eigenvalue weighted by molar-refractivity contribution is 5.95.